The maximum Gasteiger partial charge on any atom is 0.323 e. The van der Waals surface area contributed by atoms with Gasteiger partial charge in [0, 0.05) is 5.56 Å². The molecule has 0 bridgehead atoms. The van der Waals surface area contributed by atoms with Gasteiger partial charge < -0.3 is 23.4 Å². The third-order valence-electron chi connectivity index (χ3n) is 5.09. The average molecular weight is 411 g/mol. The number of oxazole rings is 1. The van der Waals surface area contributed by atoms with Gasteiger partial charge in [-0.05, 0) is 51.7 Å². The molecule has 30 heavy (non-hydrogen) atoms. The van der Waals surface area contributed by atoms with Crippen molar-refractivity contribution < 1.29 is 23.4 Å². The third-order valence-corrected chi connectivity index (χ3v) is 5.09. The second-order valence-electron chi connectivity index (χ2n) is 8.37. The number of ether oxygens (including phenoxy) is 4. The zero-order chi connectivity index (χ0) is 20.7. The molecular formula is C22H25N3O5. The lowest BCUT2D eigenvalue weighted by Gasteiger charge is -2.17. The van der Waals surface area contributed by atoms with Gasteiger partial charge in [0.1, 0.15) is 12.7 Å². The van der Waals surface area contributed by atoms with Crippen LogP contribution in [-0.2, 0) is 9.47 Å². The first-order valence-corrected chi connectivity index (χ1v) is 10.3. The zero-order valence-electron chi connectivity index (χ0n) is 17.4. The molecule has 2 aromatic heterocycles. The third kappa shape index (κ3) is 4.24. The second kappa shape index (κ2) is 7.52. The Kier molecular flexibility index (Phi) is 4.83. The molecule has 1 aliphatic heterocycles. The summed E-state index contributed by atoms with van der Waals surface area (Å²) in [5.74, 6) is 0.832. The van der Waals surface area contributed by atoms with Crippen LogP contribution in [0.3, 0.4) is 0 Å². The predicted octanol–water partition coefficient (Wildman–Crippen LogP) is 3.91. The molecule has 5 rings (SSSR count). The molecule has 1 atom stereocenters. The van der Waals surface area contributed by atoms with Crippen LogP contribution in [0, 0.1) is 12.8 Å². The standard InChI is InChI=1S/C22H25N3O5/c1-13-5-4-6-15(9-13)18-23-17-19(26-10-14-7-8-14)24-21(25-20(17)29-18)27-11-16-12-28-22(2,3)30-16/h4-6,9,14,16H,7-8,10-12H2,1-3H3. The molecule has 2 fully saturated rings. The van der Waals surface area contributed by atoms with Crippen molar-refractivity contribution in [2.45, 2.75) is 45.5 Å². The lowest BCUT2D eigenvalue weighted by Crippen LogP contribution is -2.25. The average Bonchev–Trinajstić information content (AvgIpc) is 3.33. The molecule has 2 aliphatic rings. The molecule has 0 radical (unpaired) electrons. The smallest absolute Gasteiger partial charge is 0.323 e. The van der Waals surface area contributed by atoms with Crippen molar-refractivity contribution >= 4 is 11.2 Å². The van der Waals surface area contributed by atoms with E-state index in [9.17, 15) is 0 Å². The van der Waals surface area contributed by atoms with E-state index >= 15 is 0 Å². The van der Waals surface area contributed by atoms with Gasteiger partial charge in [-0.15, -0.1) is 0 Å². The topological polar surface area (TPSA) is 88.7 Å². The number of hydrogen-bond acceptors (Lipinski definition) is 8. The van der Waals surface area contributed by atoms with E-state index in [2.05, 4.69) is 15.0 Å². The number of hydrogen-bond donors (Lipinski definition) is 0. The predicted molar refractivity (Wildman–Crippen MR) is 108 cm³/mol. The molecule has 1 aromatic carbocycles. The van der Waals surface area contributed by atoms with Crippen LogP contribution in [0.25, 0.3) is 22.7 Å². The number of aromatic nitrogens is 3. The van der Waals surface area contributed by atoms with Gasteiger partial charge in [-0.3, -0.25) is 0 Å². The first kappa shape index (κ1) is 19.3. The number of fused-ring (bicyclic) bond motifs is 1. The van der Waals surface area contributed by atoms with Crippen LogP contribution < -0.4 is 9.47 Å². The number of rotatable bonds is 7. The summed E-state index contributed by atoms with van der Waals surface area (Å²) in [5, 5.41) is 0. The van der Waals surface area contributed by atoms with E-state index in [1.807, 2.05) is 45.0 Å². The molecule has 1 unspecified atom stereocenters. The van der Waals surface area contributed by atoms with Gasteiger partial charge >= 0.3 is 6.01 Å². The van der Waals surface area contributed by atoms with Crippen LogP contribution in [0.4, 0.5) is 0 Å². The zero-order valence-corrected chi connectivity index (χ0v) is 17.4. The fourth-order valence-electron chi connectivity index (χ4n) is 3.34. The van der Waals surface area contributed by atoms with E-state index in [4.69, 9.17) is 23.4 Å². The summed E-state index contributed by atoms with van der Waals surface area (Å²) in [6.45, 7) is 7.11. The van der Waals surface area contributed by atoms with Crippen molar-refractivity contribution in [3.63, 3.8) is 0 Å². The molecule has 1 saturated carbocycles. The summed E-state index contributed by atoms with van der Waals surface area (Å²) in [6, 6.07) is 8.13. The molecule has 3 heterocycles. The summed E-state index contributed by atoms with van der Waals surface area (Å²) in [6.07, 6.45) is 2.17. The van der Waals surface area contributed by atoms with Gasteiger partial charge in [-0.25, -0.2) is 4.98 Å². The molecule has 8 heteroatoms. The molecule has 158 valence electrons. The van der Waals surface area contributed by atoms with Gasteiger partial charge in [-0.1, -0.05) is 17.7 Å². The van der Waals surface area contributed by atoms with E-state index in [-0.39, 0.29) is 18.7 Å². The van der Waals surface area contributed by atoms with Crippen molar-refractivity contribution in [1.29, 1.82) is 0 Å². The minimum absolute atomic E-state index is 0.175. The Balaban J connectivity index is 1.42. The van der Waals surface area contributed by atoms with E-state index in [1.165, 1.54) is 12.8 Å². The molecule has 1 aliphatic carbocycles. The monoisotopic (exact) mass is 411 g/mol. The van der Waals surface area contributed by atoms with Crippen molar-refractivity contribution in [3.05, 3.63) is 29.8 Å². The first-order chi connectivity index (χ1) is 14.4. The highest BCUT2D eigenvalue weighted by atomic mass is 16.7. The van der Waals surface area contributed by atoms with E-state index < -0.39 is 5.79 Å². The largest absolute Gasteiger partial charge is 0.476 e. The van der Waals surface area contributed by atoms with Crippen LogP contribution in [0.2, 0.25) is 0 Å². The molecular weight excluding hydrogens is 386 g/mol. The SMILES string of the molecule is Cc1cccc(-c2nc3c(OCC4CC4)nc(OCC4COC(C)(C)O4)nc3o2)c1. The van der Waals surface area contributed by atoms with E-state index in [0.29, 0.717) is 42.1 Å². The summed E-state index contributed by atoms with van der Waals surface area (Å²) >= 11 is 0. The van der Waals surface area contributed by atoms with Gasteiger partial charge in [0.25, 0.3) is 11.6 Å². The molecule has 1 saturated heterocycles. The van der Waals surface area contributed by atoms with Crippen molar-refractivity contribution in [1.82, 2.24) is 15.0 Å². The summed E-state index contributed by atoms with van der Waals surface area (Å²) in [4.78, 5) is 13.5. The quantitative estimate of drug-likeness (QED) is 0.578. The van der Waals surface area contributed by atoms with Crippen LogP contribution in [-0.4, -0.2) is 46.7 Å². The maximum absolute atomic E-state index is 5.95. The van der Waals surface area contributed by atoms with Crippen molar-refractivity contribution in [2.24, 2.45) is 5.92 Å². The Morgan fingerprint density at radius 2 is 1.97 bits per heavy atom. The van der Waals surface area contributed by atoms with E-state index in [0.717, 1.165) is 11.1 Å². The Labute approximate surface area is 174 Å². The number of nitrogens with zero attached hydrogens (tertiary/aromatic N) is 3. The maximum atomic E-state index is 5.95. The van der Waals surface area contributed by atoms with Crippen LogP contribution in [0.5, 0.6) is 11.9 Å². The summed E-state index contributed by atoms with van der Waals surface area (Å²) in [5.41, 5.74) is 2.84. The number of aryl methyl sites for hydroxylation is 1. The Bertz CT molecular complexity index is 1060. The Hall–Kier alpha value is -2.71. The lowest BCUT2D eigenvalue weighted by atomic mass is 10.1. The highest BCUT2D eigenvalue weighted by Gasteiger charge is 2.33. The van der Waals surface area contributed by atoms with Crippen LogP contribution >= 0.6 is 0 Å². The highest BCUT2D eigenvalue weighted by molar-refractivity contribution is 5.77. The summed E-state index contributed by atoms with van der Waals surface area (Å²) in [7, 11) is 0. The minimum atomic E-state index is -0.606. The fraction of sp³-hybridized carbons (Fsp3) is 0.500. The molecule has 0 N–H and O–H groups in total. The number of benzene rings is 1. The second-order valence-corrected chi connectivity index (χ2v) is 8.37. The van der Waals surface area contributed by atoms with Gasteiger partial charge in [0.05, 0.1) is 13.2 Å². The van der Waals surface area contributed by atoms with Gasteiger partial charge in [-0.2, -0.15) is 9.97 Å². The molecule has 0 amide bonds. The normalized spacial score (nSPS) is 20.6. The van der Waals surface area contributed by atoms with Gasteiger partial charge in [0.15, 0.2) is 11.3 Å². The fourth-order valence-corrected chi connectivity index (χ4v) is 3.34. The van der Waals surface area contributed by atoms with Crippen LogP contribution in [0.1, 0.15) is 32.3 Å². The Morgan fingerprint density at radius 3 is 2.70 bits per heavy atom. The van der Waals surface area contributed by atoms with E-state index in [1.54, 1.807) is 0 Å². The summed E-state index contributed by atoms with van der Waals surface area (Å²) < 4.78 is 29.0. The van der Waals surface area contributed by atoms with Crippen molar-refractivity contribution in [2.75, 3.05) is 19.8 Å². The first-order valence-electron chi connectivity index (χ1n) is 10.3. The minimum Gasteiger partial charge on any atom is -0.476 e. The van der Waals surface area contributed by atoms with Crippen molar-refractivity contribution in [3.8, 4) is 23.3 Å². The van der Waals surface area contributed by atoms with Gasteiger partial charge in [0.2, 0.25) is 5.89 Å². The Morgan fingerprint density at radius 1 is 1.10 bits per heavy atom. The molecule has 0 spiro atoms. The highest BCUT2D eigenvalue weighted by Crippen LogP contribution is 2.33. The lowest BCUT2D eigenvalue weighted by molar-refractivity contribution is -0.141. The molecule has 3 aromatic rings. The van der Waals surface area contributed by atoms with Crippen LogP contribution in [0.15, 0.2) is 28.7 Å². The molecule has 8 nitrogen and oxygen atoms in total.